The van der Waals surface area contributed by atoms with Gasteiger partial charge in [-0.05, 0) is 24.6 Å². The number of allylic oxidation sites excluding steroid dienone is 4. The van der Waals surface area contributed by atoms with E-state index in [9.17, 15) is 0 Å². The molecule has 1 nitrogen and oxygen atoms in total. The lowest BCUT2D eigenvalue weighted by molar-refractivity contribution is 0.246. The topological polar surface area (TPSA) is 9.23 Å². The van der Waals surface area contributed by atoms with Gasteiger partial charge in [-0.3, -0.25) is 0 Å². The zero-order valence-corrected chi connectivity index (χ0v) is 8.76. The molecule has 0 aliphatic carbocycles. The van der Waals surface area contributed by atoms with E-state index in [1.54, 1.807) is 12.2 Å². The molecule has 0 unspecified atom stereocenters. The van der Waals surface area contributed by atoms with Crippen molar-refractivity contribution in [2.45, 2.75) is 20.8 Å². The Bertz CT molecular complexity index is 244. The van der Waals surface area contributed by atoms with Crippen molar-refractivity contribution in [1.82, 2.24) is 0 Å². The molecule has 0 aromatic rings. The summed E-state index contributed by atoms with van der Waals surface area (Å²) < 4.78 is 5.36. The molecule has 0 bridgehead atoms. The van der Waals surface area contributed by atoms with Crippen LogP contribution in [0.5, 0.6) is 0 Å². The van der Waals surface area contributed by atoms with E-state index in [0.717, 1.165) is 11.3 Å². The average molecular weight is 178 g/mol. The Balaban J connectivity index is 0.000000671. The fraction of sp³-hybridized carbons (Fsp3) is 0.333. The highest BCUT2D eigenvalue weighted by Gasteiger charge is 2.05. The highest BCUT2D eigenvalue weighted by molar-refractivity contribution is 5.40. The van der Waals surface area contributed by atoms with Gasteiger partial charge in [-0.2, -0.15) is 0 Å². The fourth-order valence-corrected chi connectivity index (χ4v) is 0.989. The first-order chi connectivity index (χ1) is 6.27. The Kier molecular flexibility index (Phi) is 5.69. The summed E-state index contributed by atoms with van der Waals surface area (Å²) in [4.78, 5) is 0. The fourth-order valence-electron chi connectivity index (χ4n) is 0.989. The molecule has 0 amide bonds. The van der Waals surface area contributed by atoms with Gasteiger partial charge in [-0.25, -0.2) is 0 Å². The third-order valence-corrected chi connectivity index (χ3v) is 1.55. The third kappa shape index (κ3) is 3.32. The molecule has 13 heavy (non-hydrogen) atoms. The maximum atomic E-state index is 5.36. The van der Waals surface area contributed by atoms with Crippen molar-refractivity contribution in [3.05, 3.63) is 48.3 Å². The summed E-state index contributed by atoms with van der Waals surface area (Å²) >= 11 is 0. The first-order valence-electron chi connectivity index (χ1n) is 4.57. The van der Waals surface area contributed by atoms with Crippen molar-refractivity contribution in [2.24, 2.45) is 0 Å². The standard InChI is InChI=1S/C10H12O.C2H6/c1-4-9-6-8(3)7-11-10(9)5-2;1-2/h4-6H,1-2,7H2,3H3;1-2H3. The first kappa shape index (κ1) is 11.8. The van der Waals surface area contributed by atoms with E-state index in [1.807, 2.05) is 20.8 Å². The van der Waals surface area contributed by atoms with E-state index < -0.39 is 0 Å². The molecular formula is C12H18O. The maximum Gasteiger partial charge on any atom is 0.126 e. The lowest BCUT2D eigenvalue weighted by atomic mass is 10.1. The highest BCUT2D eigenvalue weighted by atomic mass is 16.5. The number of rotatable bonds is 2. The monoisotopic (exact) mass is 178 g/mol. The van der Waals surface area contributed by atoms with Crippen LogP contribution in [0.25, 0.3) is 0 Å². The molecule has 0 aromatic carbocycles. The molecule has 0 aromatic heterocycles. The summed E-state index contributed by atoms with van der Waals surface area (Å²) in [6.07, 6.45) is 5.55. The molecule has 1 heterocycles. The van der Waals surface area contributed by atoms with Crippen molar-refractivity contribution in [1.29, 1.82) is 0 Å². The second-order valence-corrected chi connectivity index (χ2v) is 2.51. The summed E-state index contributed by atoms with van der Waals surface area (Å²) in [5, 5.41) is 0. The van der Waals surface area contributed by atoms with E-state index in [0.29, 0.717) is 6.61 Å². The molecule has 0 fully saturated rings. The summed E-state index contributed by atoms with van der Waals surface area (Å²) in [7, 11) is 0. The highest BCUT2D eigenvalue weighted by Crippen LogP contribution is 2.18. The lowest BCUT2D eigenvalue weighted by Gasteiger charge is -2.14. The molecule has 1 heteroatoms. The van der Waals surface area contributed by atoms with E-state index in [-0.39, 0.29) is 0 Å². The summed E-state index contributed by atoms with van der Waals surface area (Å²) in [6.45, 7) is 14.0. The van der Waals surface area contributed by atoms with Crippen LogP contribution in [0, 0.1) is 0 Å². The Hall–Kier alpha value is -1.24. The largest absolute Gasteiger partial charge is 0.489 e. The quantitative estimate of drug-likeness (QED) is 0.627. The molecule has 1 aliphatic rings. The zero-order chi connectivity index (χ0) is 10.3. The van der Waals surface area contributed by atoms with E-state index in [1.165, 1.54) is 5.57 Å². The van der Waals surface area contributed by atoms with Gasteiger partial charge in [0.25, 0.3) is 0 Å². The van der Waals surface area contributed by atoms with E-state index >= 15 is 0 Å². The lowest BCUT2D eigenvalue weighted by Crippen LogP contribution is -2.02. The van der Waals surface area contributed by atoms with Crippen molar-refractivity contribution < 1.29 is 4.74 Å². The van der Waals surface area contributed by atoms with Gasteiger partial charge in [0.2, 0.25) is 0 Å². The van der Waals surface area contributed by atoms with Gasteiger partial charge in [0.1, 0.15) is 12.4 Å². The predicted octanol–water partition coefficient (Wildman–Crippen LogP) is 3.62. The SMILES string of the molecule is C=CC1=C(C=C)OCC(C)=C1.CC. The molecule has 1 aliphatic heterocycles. The molecule has 0 saturated carbocycles. The molecule has 0 saturated heterocycles. The van der Waals surface area contributed by atoms with Crippen molar-refractivity contribution in [3.63, 3.8) is 0 Å². The van der Waals surface area contributed by atoms with Crippen LogP contribution >= 0.6 is 0 Å². The van der Waals surface area contributed by atoms with Gasteiger partial charge in [0, 0.05) is 5.57 Å². The number of ether oxygens (including phenoxy) is 1. The molecule has 0 N–H and O–H groups in total. The second kappa shape index (κ2) is 6.30. The van der Waals surface area contributed by atoms with Gasteiger partial charge in [0.05, 0.1) is 0 Å². The number of hydrogen-bond donors (Lipinski definition) is 0. The minimum Gasteiger partial charge on any atom is -0.489 e. The maximum absolute atomic E-state index is 5.36. The third-order valence-electron chi connectivity index (χ3n) is 1.55. The van der Waals surface area contributed by atoms with Crippen LogP contribution in [0.15, 0.2) is 48.3 Å². The molecule has 0 atom stereocenters. The Morgan fingerprint density at radius 2 is 1.92 bits per heavy atom. The van der Waals surface area contributed by atoms with Gasteiger partial charge in [0.15, 0.2) is 0 Å². The Morgan fingerprint density at radius 1 is 1.31 bits per heavy atom. The average Bonchev–Trinajstić information content (AvgIpc) is 2.20. The van der Waals surface area contributed by atoms with Crippen LogP contribution in [-0.2, 0) is 4.74 Å². The summed E-state index contributed by atoms with van der Waals surface area (Å²) in [6, 6.07) is 0. The zero-order valence-electron chi connectivity index (χ0n) is 8.76. The first-order valence-corrected chi connectivity index (χ1v) is 4.57. The van der Waals surface area contributed by atoms with Crippen LogP contribution in [0.3, 0.4) is 0 Å². The minimum atomic E-state index is 0.665. The molecule has 1 rings (SSSR count). The van der Waals surface area contributed by atoms with Gasteiger partial charge < -0.3 is 4.74 Å². The van der Waals surface area contributed by atoms with Gasteiger partial charge >= 0.3 is 0 Å². The van der Waals surface area contributed by atoms with Crippen molar-refractivity contribution in [2.75, 3.05) is 6.61 Å². The summed E-state index contributed by atoms with van der Waals surface area (Å²) in [5.74, 6) is 0.825. The predicted molar refractivity (Wildman–Crippen MR) is 58.5 cm³/mol. The van der Waals surface area contributed by atoms with Gasteiger partial charge in [-0.1, -0.05) is 33.1 Å². The van der Waals surface area contributed by atoms with Crippen LogP contribution in [0.1, 0.15) is 20.8 Å². The Labute approximate surface area is 81.1 Å². The number of hydrogen-bond acceptors (Lipinski definition) is 1. The van der Waals surface area contributed by atoms with Crippen LogP contribution in [0.2, 0.25) is 0 Å². The molecule has 0 radical (unpaired) electrons. The smallest absolute Gasteiger partial charge is 0.126 e. The van der Waals surface area contributed by atoms with Crippen LogP contribution in [0.4, 0.5) is 0 Å². The van der Waals surface area contributed by atoms with Crippen LogP contribution < -0.4 is 0 Å². The van der Waals surface area contributed by atoms with Crippen molar-refractivity contribution in [3.8, 4) is 0 Å². The minimum absolute atomic E-state index is 0.665. The molecular weight excluding hydrogens is 160 g/mol. The molecule has 0 spiro atoms. The van der Waals surface area contributed by atoms with Crippen molar-refractivity contribution >= 4 is 0 Å². The summed E-state index contributed by atoms with van der Waals surface area (Å²) in [5.41, 5.74) is 2.23. The van der Waals surface area contributed by atoms with Gasteiger partial charge in [-0.15, -0.1) is 0 Å². The van der Waals surface area contributed by atoms with E-state index in [2.05, 4.69) is 19.2 Å². The normalized spacial score (nSPS) is 14.8. The van der Waals surface area contributed by atoms with Crippen LogP contribution in [-0.4, -0.2) is 6.61 Å². The second-order valence-electron chi connectivity index (χ2n) is 2.51. The molecule has 72 valence electrons. The van der Waals surface area contributed by atoms with E-state index in [4.69, 9.17) is 4.74 Å². The Morgan fingerprint density at radius 3 is 2.38 bits per heavy atom.